The molecule has 1 heterocycles. The highest BCUT2D eigenvalue weighted by molar-refractivity contribution is 6.30. The van der Waals surface area contributed by atoms with E-state index in [1.165, 1.54) is 0 Å². The second kappa shape index (κ2) is 7.66. The third kappa shape index (κ3) is 3.85. The van der Waals surface area contributed by atoms with Crippen LogP contribution in [0.25, 0.3) is 11.5 Å². The lowest BCUT2D eigenvalue weighted by atomic mass is 9.77. The molecule has 26 heavy (non-hydrogen) atoms. The van der Waals surface area contributed by atoms with Crippen LogP contribution < -0.4 is 10.5 Å². The molecule has 0 atom stereocenters. The van der Waals surface area contributed by atoms with Crippen LogP contribution in [0.3, 0.4) is 0 Å². The van der Waals surface area contributed by atoms with E-state index >= 15 is 0 Å². The molecule has 1 aliphatic carbocycles. The number of nitrogens with zero attached hydrogens (tertiary/aromatic N) is 2. The molecule has 2 aromatic carbocycles. The van der Waals surface area contributed by atoms with Gasteiger partial charge in [0, 0.05) is 10.6 Å². The first-order chi connectivity index (χ1) is 12.1. The maximum Gasteiger partial charge on any atom is 0.258 e. The summed E-state index contributed by atoms with van der Waals surface area (Å²) in [6, 6.07) is 15.2. The maximum absolute atomic E-state index is 6.25. The fraction of sp³-hybridized carbons (Fsp3) is 0.263. The van der Waals surface area contributed by atoms with Crippen LogP contribution in [-0.2, 0) is 12.1 Å². The Morgan fingerprint density at radius 3 is 2.69 bits per heavy atom. The predicted molar refractivity (Wildman–Crippen MR) is 102 cm³/mol. The molecule has 2 N–H and O–H groups in total. The van der Waals surface area contributed by atoms with E-state index in [2.05, 4.69) is 10.1 Å². The highest BCUT2D eigenvalue weighted by Crippen LogP contribution is 2.37. The lowest BCUT2D eigenvalue weighted by molar-refractivity contribution is 0.229. The largest absolute Gasteiger partial charge is 0.489 e. The topological polar surface area (TPSA) is 74.2 Å². The Bertz CT molecular complexity index is 894. The van der Waals surface area contributed by atoms with E-state index < -0.39 is 5.54 Å². The van der Waals surface area contributed by atoms with Crippen molar-refractivity contribution in [3.63, 3.8) is 0 Å². The van der Waals surface area contributed by atoms with E-state index in [0.717, 1.165) is 36.1 Å². The Morgan fingerprint density at radius 1 is 1.15 bits per heavy atom. The fourth-order valence-corrected chi connectivity index (χ4v) is 3.05. The molecule has 136 valence electrons. The SMILES string of the molecule is Cl.NC1(c2noc(-c3cccc(OCc4cccc(Cl)c4)c3)n2)CCC1. The van der Waals surface area contributed by atoms with Crippen molar-refractivity contribution in [1.82, 2.24) is 10.1 Å². The Morgan fingerprint density at radius 2 is 1.96 bits per heavy atom. The molecule has 0 spiro atoms. The molecular formula is C19H19Cl2N3O2. The third-order valence-corrected chi connectivity index (χ3v) is 4.73. The number of hydrogen-bond acceptors (Lipinski definition) is 5. The molecule has 5 nitrogen and oxygen atoms in total. The minimum absolute atomic E-state index is 0. The predicted octanol–water partition coefficient (Wildman–Crippen LogP) is 4.73. The minimum atomic E-state index is -0.428. The van der Waals surface area contributed by atoms with Gasteiger partial charge in [-0.2, -0.15) is 4.98 Å². The number of hydrogen-bond donors (Lipinski definition) is 1. The lowest BCUT2D eigenvalue weighted by Crippen LogP contribution is -2.44. The summed E-state index contributed by atoms with van der Waals surface area (Å²) in [5.41, 5.74) is 7.64. The van der Waals surface area contributed by atoms with Crippen molar-refractivity contribution in [2.24, 2.45) is 5.73 Å². The fourth-order valence-electron chi connectivity index (χ4n) is 2.84. The van der Waals surface area contributed by atoms with Gasteiger partial charge < -0.3 is 15.0 Å². The Hall–Kier alpha value is -2.08. The van der Waals surface area contributed by atoms with E-state index in [-0.39, 0.29) is 12.4 Å². The molecule has 4 rings (SSSR count). The second-order valence-electron chi connectivity index (χ2n) is 6.38. The summed E-state index contributed by atoms with van der Waals surface area (Å²) in [6.07, 6.45) is 2.90. The Kier molecular flexibility index (Phi) is 5.51. The third-order valence-electron chi connectivity index (χ3n) is 4.49. The van der Waals surface area contributed by atoms with Crippen molar-refractivity contribution in [3.05, 3.63) is 64.9 Å². The number of rotatable bonds is 5. The van der Waals surface area contributed by atoms with Crippen LogP contribution in [0.2, 0.25) is 5.02 Å². The molecule has 0 amide bonds. The highest BCUT2D eigenvalue weighted by atomic mass is 35.5. The number of nitrogens with two attached hydrogens (primary N) is 1. The first-order valence-corrected chi connectivity index (χ1v) is 8.61. The average Bonchev–Trinajstić information content (AvgIpc) is 3.09. The van der Waals surface area contributed by atoms with Gasteiger partial charge in [-0.05, 0) is 55.2 Å². The first kappa shape index (κ1) is 18.7. The van der Waals surface area contributed by atoms with Gasteiger partial charge >= 0.3 is 0 Å². The number of aromatic nitrogens is 2. The zero-order valence-corrected chi connectivity index (χ0v) is 15.6. The molecular weight excluding hydrogens is 373 g/mol. The van der Waals surface area contributed by atoms with Crippen molar-refractivity contribution in [2.45, 2.75) is 31.4 Å². The molecule has 1 aliphatic rings. The van der Waals surface area contributed by atoms with Crippen molar-refractivity contribution >= 4 is 24.0 Å². The highest BCUT2D eigenvalue weighted by Gasteiger charge is 2.39. The summed E-state index contributed by atoms with van der Waals surface area (Å²) in [5, 5.41) is 4.75. The zero-order chi connectivity index (χ0) is 17.3. The first-order valence-electron chi connectivity index (χ1n) is 8.23. The van der Waals surface area contributed by atoms with Gasteiger partial charge in [0.25, 0.3) is 5.89 Å². The zero-order valence-electron chi connectivity index (χ0n) is 14.0. The Balaban J connectivity index is 0.00000196. The van der Waals surface area contributed by atoms with Crippen molar-refractivity contribution < 1.29 is 9.26 Å². The number of benzene rings is 2. The monoisotopic (exact) mass is 391 g/mol. The van der Waals surface area contributed by atoms with Gasteiger partial charge in [0.1, 0.15) is 12.4 Å². The van der Waals surface area contributed by atoms with Crippen LogP contribution in [0.4, 0.5) is 0 Å². The maximum atomic E-state index is 6.25. The molecule has 0 aliphatic heterocycles. The van der Waals surface area contributed by atoms with E-state index in [1.807, 2.05) is 48.5 Å². The standard InChI is InChI=1S/C19H18ClN3O2.ClH/c20-15-6-1-4-13(10-15)12-24-16-7-2-5-14(11-16)17-22-18(23-25-17)19(21)8-3-9-19;/h1-2,4-7,10-11H,3,8-9,12,21H2;1H. The van der Waals surface area contributed by atoms with E-state index in [4.69, 9.17) is 26.6 Å². The smallest absolute Gasteiger partial charge is 0.258 e. The molecule has 0 unspecified atom stereocenters. The van der Waals surface area contributed by atoms with Crippen molar-refractivity contribution in [2.75, 3.05) is 0 Å². The summed E-state index contributed by atoms with van der Waals surface area (Å²) in [4.78, 5) is 4.47. The molecule has 1 saturated carbocycles. The number of halogens is 2. The minimum Gasteiger partial charge on any atom is -0.489 e. The summed E-state index contributed by atoms with van der Waals surface area (Å²) >= 11 is 5.99. The summed E-state index contributed by atoms with van der Waals surface area (Å²) in [5.74, 6) is 1.77. The normalized spacial score (nSPS) is 15.0. The van der Waals surface area contributed by atoms with Crippen LogP contribution in [-0.4, -0.2) is 10.1 Å². The van der Waals surface area contributed by atoms with Gasteiger partial charge in [0.15, 0.2) is 5.82 Å². The summed E-state index contributed by atoms with van der Waals surface area (Å²) < 4.78 is 11.2. The van der Waals surface area contributed by atoms with Crippen molar-refractivity contribution in [1.29, 1.82) is 0 Å². The van der Waals surface area contributed by atoms with Crippen LogP contribution >= 0.6 is 24.0 Å². The van der Waals surface area contributed by atoms with Crippen LogP contribution in [0.15, 0.2) is 53.1 Å². The average molecular weight is 392 g/mol. The van der Waals surface area contributed by atoms with Crippen LogP contribution in [0.5, 0.6) is 5.75 Å². The molecule has 1 fully saturated rings. The number of ether oxygens (including phenoxy) is 1. The summed E-state index contributed by atoms with van der Waals surface area (Å²) in [6.45, 7) is 0.436. The van der Waals surface area contributed by atoms with Crippen molar-refractivity contribution in [3.8, 4) is 17.2 Å². The van der Waals surface area contributed by atoms with Crippen LogP contribution in [0, 0.1) is 0 Å². The second-order valence-corrected chi connectivity index (χ2v) is 6.82. The quantitative estimate of drug-likeness (QED) is 0.680. The van der Waals surface area contributed by atoms with E-state index in [9.17, 15) is 0 Å². The van der Waals surface area contributed by atoms with Gasteiger partial charge in [-0.25, -0.2) is 0 Å². The molecule has 1 aromatic heterocycles. The molecule has 0 radical (unpaired) electrons. The van der Waals surface area contributed by atoms with E-state index in [1.54, 1.807) is 0 Å². The van der Waals surface area contributed by atoms with E-state index in [0.29, 0.717) is 23.3 Å². The van der Waals surface area contributed by atoms with Gasteiger partial charge in [-0.1, -0.05) is 35.0 Å². The molecule has 0 saturated heterocycles. The molecule has 0 bridgehead atoms. The van der Waals surface area contributed by atoms with Gasteiger partial charge in [-0.3, -0.25) is 0 Å². The molecule has 3 aromatic rings. The van der Waals surface area contributed by atoms with Gasteiger partial charge in [-0.15, -0.1) is 12.4 Å². The lowest BCUT2D eigenvalue weighted by Gasteiger charge is -2.34. The van der Waals surface area contributed by atoms with Gasteiger partial charge in [0.05, 0.1) is 5.54 Å². The Labute approximate surface area is 162 Å². The molecule has 7 heteroatoms. The van der Waals surface area contributed by atoms with Gasteiger partial charge in [0.2, 0.25) is 0 Å². The van der Waals surface area contributed by atoms with Crippen LogP contribution in [0.1, 0.15) is 30.7 Å². The summed E-state index contributed by atoms with van der Waals surface area (Å²) in [7, 11) is 0.